The monoisotopic (exact) mass is 455 g/mol. The summed E-state index contributed by atoms with van der Waals surface area (Å²) in [6.45, 7) is 4.09. The number of aryl methyl sites for hydroxylation is 2. The lowest BCUT2D eigenvalue weighted by molar-refractivity contribution is -0.135. The van der Waals surface area contributed by atoms with E-state index >= 15 is 0 Å². The Morgan fingerprint density at radius 1 is 1.17 bits per heavy atom. The lowest BCUT2D eigenvalue weighted by Gasteiger charge is -2.33. The summed E-state index contributed by atoms with van der Waals surface area (Å²) in [7, 11) is -3.29. The van der Waals surface area contributed by atoms with Gasteiger partial charge in [-0.3, -0.25) is 4.79 Å². The fraction of sp³-hybridized carbons (Fsp3) is 0.444. The van der Waals surface area contributed by atoms with E-state index in [0.717, 1.165) is 17.6 Å². The van der Waals surface area contributed by atoms with Crippen LogP contribution in [0.2, 0.25) is 5.02 Å². The highest BCUT2D eigenvalue weighted by Gasteiger charge is 2.27. The number of carbonyl (C=O) groups is 2. The topological polar surface area (TPSA) is 115 Å². The number of hydrogen-bond donors (Lipinski definition) is 0. The van der Waals surface area contributed by atoms with Crippen molar-refractivity contribution in [3.63, 3.8) is 0 Å². The zero-order valence-corrected chi connectivity index (χ0v) is 18.4. The highest BCUT2D eigenvalue weighted by Crippen LogP contribution is 2.18. The molecule has 1 aliphatic heterocycles. The van der Waals surface area contributed by atoms with Crippen LogP contribution in [0.5, 0.6) is 0 Å². The molecule has 3 rings (SSSR count). The molecule has 0 aromatic carbocycles. The van der Waals surface area contributed by atoms with Crippen LogP contribution in [0.1, 0.15) is 21.9 Å². The molecule has 1 aliphatic rings. The summed E-state index contributed by atoms with van der Waals surface area (Å²) in [4.78, 5) is 30.5. The van der Waals surface area contributed by atoms with Crippen LogP contribution in [0.25, 0.3) is 5.82 Å². The van der Waals surface area contributed by atoms with Crippen LogP contribution in [-0.2, 0) is 19.6 Å². The van der Waals surface area contributed by atoms with Crippen molar-refractivity contribution in [1.82, 2.24) is 24.0 Å². The van der Waals surface area contributed by atoms with Gasteiger partial charge in [0.05, 0.1) is 17.0 Å². The summed E-state index contributed by atoms with van der Waals surface area (Å²) >= 11 is 6.10. The molecule has 0 unspecified atom stereocenters. The Hall–Kier alpha value is -2.50. The van der Waals surface area contributed by atoms with Gasteiger partial charge in [-0.2, -0.15) is 9.40 Å². The maximum atomic E-state index is 12.5. The fourth-order valence-corrected chi connectivity index (χ4v) is 4.12. The lowest BCUT2D eigenvalue weighted by Crippen LogP contribution is -2.51. The molecule has 1 fully saturated rings. The van der Waals surface area contributed by atoms with Gasteiger partial charge in [0.25, 0.3) is 5.91 Å². The van der Waals surface area contributed by atoms with E-state index in [4.69, 9.17) is 16.3 Å². The van der Waals surface area contributed by atoms with E-state index in [1.807, 2.05) is 19.9 Å². The van der Waals surface area contributed by atoms with Crippen molar-refractivity contribution in [2.24, 2.45) is 0 Å². The smallest absolute Gasteiger partial charge is 0.359 e. The van der Waals surface area contributed by atoms with Crippen molar-refractivity contribution in [1.29, 1.82) is 0 Å². The summed E-state index contributed by atoms with van der Waals surface area (Å²) in [5, 5.41) is 4.42. The van der Waals surface area contributed by atoms with Crippen LogP contribution in [0.4, 0.5) is 0 Å². The normalized spacial score (nSPS) is 15.3. The van der Waals surface area contributed by atoms with Crippen molar-refractivity contribution in [2.75, 3.05) is 39.0 Å². The highest BCUT2D eigenvalue weighted by molar-refractivity contribution is 7.88. The molecule has 0 radical (unpaired) electrons. The van der Waals surface area contributed by atoms with Crippen molar-refractivity contribution in [2.45, 2.75) is 13.8 Å². The lowest BCUT2D eigenvalue weighted by atomic mass is 10.3. The Labute approximate surface area is 179 Å². The Bertz CT molecular complexity index is 1080. The number of piperazine rings is 1. The van der Waals surface area contributed by atoms with Gasteiger partial charge in [0.15, 0.2) is 18.1 Å². The summed E-state index contributed by atoms with van der Waals surface area (Å²) in [5.74, 6) is -0.839. The molecule has 2 aromatic rings. The van der Waals surface area contributed by atoms with Crippen molar-refractivity contribution >= 4 is 33.5 Å². The first kappa shape index (κ1) is 22.2. The number of aromatic nitrogens is 3. The van der Waals surface area contributed by atoms with Crippen molar-refractivity contribution in [3.8, 4) is 5.82 Å². The van der Waals surface area contributed by atoms with Crippen molar-refractivity contribution in [3.05, 3.63) is 40.3 Å². The number of amides is 1. The van der Waals surface area contributed by atoms with E-state index in [0.29, 0.717) is 5.82 Å². The SMILES string of the molecule is Cc1cc(C)n(-c2ccc(Cl)c(C(=O)OCC(=O)N3CCN(S(C)(=O)=O)CC3)n2)n1. The number of ether oxygens (including phenoxy) is 1. The van der Waals surface area contributed by atoms with Crippen LogP contribution >= 0.6 is 11.6 Å². The molecule has 0 N–H and O–H groups in total. The quantitative estimate of drug-likeness (QED) is 0.612. The minimum Gasteiger partial charge on any atom is -0.451 e. The second-order valence-electron chi connectivity index (χ2n) is 6.96. The number of sulfonamides is 1. The first-order valence-corrected chi connectivity index (χ1v) is 11.4. The molecule has 1 amide bonds. The molecule has 1 saturated heterocycles. The summed E-state index contributed by atoms with van der Waals surface area (Å²) in [5.41, 5.74) is 1.52. The van der Waals surface area contributed by atoms with E-state index in [1.54, 1.807) is 10.7 Å². The molecule has 0 atom stereocenters. The summed E-state index contributed by atoms with van der Waals surface area (Å²) < 4.78 is 31.1. The van der Waals surface area contributed by atoms with E-state index in [2.05, 4.69) is 10.1 Å². The van der Waals surface area contributed by atoms with Gasteiger partial charge in [0.2, 0.25) is 10.0 Å². The Balaban J connectivity index is 1.63. The molecule has 3 heterocycles. The molecule has 0 saturated carbocycles. The van der Waals surface area contributed by atoms with E-state index < -0.39 is 28.5 Å². The number of carbonyl (C=O) groups excluding carboxylic acids is 2. The Morgan fingerprint density at radius 3 is 2.40 bits per heavy atom. The average molecular weight is 456 g/mol. The molecule has 162 valence electrons. The Kier molecular flexibility index (Phi) is 6.44. The fourth-order valence-electron chi connectivity index (χ4n) is 3.11. The highest BCUT2D eigenvalue weighted by atomic mass is 35.5. The average Bonchev–Trinajstić information content (AvgIpc) is 3.03. The second kappa shape index (κ2) is 8.70. The predicted octanol–water partition coefficient (Wildman–Crippen LogP) is 0.798. The molecule has 0 spiro atoms. The molecular formula is C18H22ClN5O5S. The van der Waals surface area contributed by atoms with Gasteiger partial charge in [0, 0.05) is 31.9 Å². The number of pyridine rings is 1. The third kappa shape index (κ3) is 4.97. The molecule has 0 aliphatic carbocycles. The maximum Gasteiger partial charge on any atom is 0.359 e. The summed E-state index contributed by atoms with van der Waals surface area (Å²) in [6, 6.07) is 5.02. The Morgan fingerprint density at radius 2 is 1.83 bits per heavy atom. The first-order chi connectivity index (χ1) is 14.1. The van der Waals surface area contributed by atoms with E-state index in [9.17, 15) is 18.0 Å². The van der Waals surface area contributed by atoms with Gasteiger partial charge >= 0.3 is 5.97 Å². The molecule has 12 heteroatoms. The molecule has 2 aromatic heterocycles. The van der Waals surface area contributed by atoms with Gasteiger partial charge in [-0.05, 0) is 32.0 Å². The minimum atomic E-state index is -3.29. The molecule has 30 heavy (non-hydrogen) atoms. The van der Waals surface area contributed by atoms with Gasteiger partial charge < -0.3 is 9.64 Å². The van der Waals surface area contributed by atoms with Crippen molar-refractivity contribution < 1.29 is 22.7 Å². The minimum absolute atomic E-state index is 0.0968. The second-order valence-corrected chi connectivity index (χ2v) is 9.35. The van der Waals surface area contributed by atoms with Crippen LogP contribution in [-0.4, -0.2) is 83.3 Å². The number of nitrogens with zero attached hydrogens (tertiary/aromatic N) is 5. The van der Waals surface area contributed by atoms with Gasteiger partial charge in [0.1, 0.15) is 0 Å². The molecular weight excluding hydrogens is 434 g/mol. The van der Waals surface area contributed by atoms with Gasteiger partial charge in [-0.1, -0.05) is 11.6 Å². The van der Waals surface area contributed by atoms with Gasteiger partial charge in [-0.25, -0.2) is 22.9 Å². The van der Waals surface area contributed by atoms with Crippen LogP contribution < -0.4 is 0 Å². The van der Waals surface area contributed by atoms with E-state index in [1.165, 1.54) is 15.3 Å². The third-order valence-corrected chi connectivity index (χ3v) is 6.25. The molecule has 10 nitrogen and oxygen atoms in total. The number of esters is 1. The predicted molar refractivity (Wildman–Crippen MR) is 109 cm³/mol. The third-order valence-electron chi connectivity index (χ3n) is 4.64. The summed E-state index contributed by atoms with van der Waals surface area (Å²) in [6.07, 6.45) is 1.13. The van der Waals surface area contributed by atoms with Crippen LogP contribution in [0.3, 0.4) is 0 Å². The number of hydrogen-bond acceptors (Lipinski definition) is 7. The zero-order valence-electron chi connectivity index (χ0n) is 16.8. The maximum absolute atomic E-state index is 12.5. The zero-order chi connectivity index (χ0) is 22.1. The van der Waals surface area contributed by atoms with Crippen LogP contribution in [0.15, 0.2) is 18.2 Å². The first-order valence-electron chi connectivity index (χ1n) is 9.16. The van der Waals surface area contributed by atoms with Gasteiger partial charge in [-0.15, -0.1) is 0 Å². The molecule has 0 bridgehead atoms. The van der Waals surface area contributed by atoms with Crippen LogP contribution in [0, 0.1) is 13.8 Å². The standard InChI is InChI=1S/C18H22ClN5O5S/c1-12-10-13(2)24(21-12)15-5-4-14(19)17(20-15)18(26)29-11-16(25)22-6-8-23(9-7-22)30(3,27)28/h4-5,10H,6-9,11H2,1-3H3. The number of rotatable bonds is 5. The largest absolute Gasteiger partial charge is 0.451 e. The number of halogens is 1. The van der Waals surface area contributed by atoms with E-state index in [-0.39, 0.29) is 36.9 Å².